The highest BCUT2D eigenvalue weighted by molar-refractivity contribution is 7.46. The van der Waals surface area contributed by atoms with E-state index in [1.165, 1.54) is 24.3 Å². The van der Waals surface area contributed by atoms with Crippen LogP contribution in [0.2, 0.25) is 0 Å². The Balaban J connectivity index is 1.85. The highest BCUT2D eigenvalue weighted by Gasteiger charge is 2.15. The van der Waals surface area contributed by atoms with Crippen molar-refractivity contribution in [2.45, 2.75) is 0 Å². The lowest BCUT2D eigenvalue weighted by Gasteiger charge is -2.09. The number of phosphoric acid groups is 1. The second-order valence-electron chi connectivity index (χ2n) is 4.89. The number of nitriles is 1. The number of phosphoric ester groups is 1. The van der Waals surface area contributed by atoms with Gasteiger partial charge in [-0.25, -0.2) is 4.57 Å². The van der Waals surface area contributed by atoms with Crippen molar-refractivity contribution in [2.75, 3.05) is 5.73 Å². The van der Waals surface area contributed by atoms with Gasteiger partial charge in [-0.15, -0.1) is 0 Å². The predicted molar refractivity (Wildman–Crippen MR) is 86.6 cm³/mol. The van der Waals surface area contributed by atoms with Gasteiger partial charge in [0.05, 0.1) is 0 Å². The second-order valence-corrected chi connectivity index (χ2v) is 6.05. The minimum Gasteiger partial charge on any atom is -0.457 e. The van der Waals surface area contributed by atoms with E-state index in [1.807, 2.05) is 6.07 Å². The molecule has 0 unspecified atom stereocenters. The first kappa shape index (κ1) is 15.9. The van der Waals surface area contributed by atoms with Crippen molar-refractivity contribution in [3.63, 3.8) is 0 Å². The molecule has 5 N–H and O–H groups in total. The molecule has 0 fully saturated rings. The number of rotatable bonds is 4. The van der Waals surface area contributed by atoms with Crippen LogP contribution >= 0.6 is 7.82 Å². The van der Waals surface area contributed by atoms with Crippen molar-refractivity contribution in [1.29, 1.82) is 5.26 Å². The number of aromatic nitrogens is 1. The lowest BCUT2D eigenvalue weighted by atomic mass is 10.2. The molecule has 8 nitrogen and oxygen atoms in total. The van der Waals surface area contributed by atoms with Gasteiger partial charge >= 0.3 is 7.82 Å². The molecule has 3 aromatic rings. The van der Waals surface area contributed by atoms with Crippen molar-refractivity contribution in [3.05, 3.63) is 48.0 Å². The van der Waals surface area contributed by atoms with Crippen LogP contribution in [-0.4, -0.2) is 14.8 Å². The van der Waals surface area contributed by atoms with Gasteiger partial charge in [0.15, 0.2) is 0 Å². The van der Waals surface area contributed by atoms with Crippen LogP contribution in [0.4, 0.5) is 5.82 Å². The number of H-pyrrole nitrogens is 1. The van der Waals surface area contributed by atoms with Crippen LogP contribution in [0.25, 0.3) is 10.9 Å². The molecule has 0 aliphatic heterocycles. The Morgan fingerprint density at radius 1 is 1.08 bits per heavy atom. The van der Waals surface area contributed by atoms with Crippen molar-refractivity contribution >= 4 is 24.5 Å². The lowest BCUT2D eigenvalue weighted by Crippen LogP contribution is -1.90. The molecule has 1 heterocycles. The molecule has 0 radical (unpaired) electrons. The highest BCUT2D eigenvalue weighted by Crippen LogP contribution is 2.38. The third-order valence-electron chi connectivity index (χ3n) is 3.19. The Morgan fingerprint density at radius 2 is 1.71 bits per heavy atom. The monoisotopic (exact) mass is 345 g/mol. The van der Waals surface area contributed by atoms with E-state index in [4.69, 9.17) is 25.5 Å². The van der Waals surface area contributed by atoms with E-state index in [0.717, 1.165) is 5.52 Å². The minimum absolute atomic E-state index is 0.0244. The van der Waals surface area contributed by atoms with Crippen LogP contribution in [0, 0.1) is 11.3 Å². The van der Waals surface area contributed by atoms with E-state index < -0.39 is 7.82 Å². The third kappa shape index (κ3) is 3.34. The summed E-state index contributed by atoms with van der Waals surface area (Å²) in [4.78, 5) is 20.4. The largest absolute Gasteiger partial charge is 0.524 e. The first-order valence-electron chi connectivity index (χ1n) is 6.70. The SMILES string of the molecule is N#Cc1c(N)[nH]c2ccc(Oc3ccc(OP(=O)(O)O)cc3)cc12. The average Bonchev–Trinajstić information content (AvgIpc) is 2.82. The summed E-state index contributed by atoms with van der Waals surface area (Å²) in [5, 5.41) is 9.79. The number of fused-ring (bicyclic) bond motifs is 1. The van der Waals surface area contributed by atoms with Gasteiger partial charge in [-0.3, -0.25) is 9.79 Å². The molecule has 0 aliphatic rings. The number of aromatic amines is 1. The number of nitrogens with zero attached hydrogens (tertiary/aromatic N) is 1. The fraction of sp³-hybridized carbons (Fsp3) is 0. The molecule has 0 spiro atoms. The summed E-state index contributed by atoms with van der Waals surface area (Å²) in [6, 6.07) is 12.9. The summed E-state index contributed by atoms with van der Waals surface area (Å²) in [6.45, 7) is 0. The number of nitrogens with one attached hydrogen (secondary N) is 1. The van der Waals surface area contributed by atoms with Crippen molar-refractivity contribution in [3.8, 4) is 23.3 Å². The Hall–Kier alpha value is -2.98. The minimum atomic E-state index is -4.59. The van der Waals surface area contributed by atoms with Gasteiger partial charge in [0.2, 0.25) is 0 Å². The molecule has 9 heteroatoms. The Kier molecular flexibility index (Phi) is 3.91. The summed E-state index contributed by atoms with van der Waals surface area (Å²) < 4.78 is 20.9. The molecular weight excluding hydrogens is 333 g/mol. The maximum Gasteiger partial charge on any atom is 0.524 e. The molecule has 0 saturated heterocycles. The molecule has 1 aromatic heterocycles. The standard InChI is InChI=1S/C15H12N3O5P/c16-8-13-12-7-11(5-6-14(12)18-15(13)17)22-9-1-3-10(4-2-9)23-24(19,20)21/h1-7,18H,17H2,(H2,19,20,21). The summed E-state index contributed by atoms with van der Waals surface area (Å²) in [6.07, 6.45) is 0. The fourth-order valence-corrected chi connectivity index (χ4v) is 2.61. The van der Waals surface area contributed by atoms with Crippen LogP contribution in [0.3, 0.4) is 0 Å². The quantitative estimate of drug-likeness (QED) is 0.533. The molecule has 0 bridgehead atoms. The number of hydrogen-bond donors (Lipinski definition) is 4. The predicted octanol–water partition coefficient (Wildman–Crippen LogP) is 2.89. The van der Waals surface area contributed by atoms with Crippen LogP contribution in [-0.2, 0) is 4.57 Å². The Morgan fingerprint density at radius 3 is 2.33 bits per heavy atom. The number of nitrogen functional groups attached to an aromatic ring is 1. The van der Waals surface area contributed by atoms with E-state index in [1.54, 1.807) is 18.2 Å². The molecule has 2 aromatic carbocycles. The van der Waals surface area contributed by atoms with Crippen LogP contribution in [0.1, 0.15) is 5.56 Å². The average molecular weight is 345 g/mol. The number of benzene rings is 2. The zero-order valence-electron chi connectivity index (χ0n) is 12.1. The Labute approximate surface area is 136 Å². The van der Waals surface area contributed by atoms with Gasteiger partial charge in [0.1, 0.15) is 34.7 Å². The molecule has 0 saturated carbocycles. The molecule has 24 heavy (non-hydrogen) atoms. The normalized spacial score (nSPS) is 11.2. The molecule has 0 aliphatic carbocycles. The van der Waals surface area contributed by atoms with E-state index in [2.05, 4.69) is 9.51 Å². The van der Waals surface area contributed by atoms with E-state index in [-0.39, 0.29) is 5.75 Å². The summed E-state index contributed by atoms with van der Waals surface area (Å²) in [5.41, 5.74) is 6.81. The van der Waals surface area contributed by atoms with Gasteiger partial charge in [-0.1, -0.05) is 0 Å². The van der Waals surface area contributed by atoms with Crippen molar-refractivity contribution < 1.29 is 23.6 Å². The topological polar surface area (TPSA) is 142 Å². The van der Waals surface area contributed by atoms with Gasteiger partial charge in [0.25, 0.3) is 0 Å². The summed E-state index contributed by atoms with van der Waals surface area (Å²) in [5.74, 6) is 1.25. The van der Waals surface area contributed by atoms with Crippen LogP contribution in [0.5, 0.6) is 17.2 Å². The number of ether oxygens (including phenoxy) is 1. The number of nitrogens with two attached hydrogens (primary N) is 1. The molecule has 122 valence electrons. The Bertz CT molecular complexity index is 985. The molecule has 3 rings (SSSR count). The fourth-order valence-electron chi connectivity index (χ4n) is 2.22. The van der Waals surface area contributed by atoms with Crippen LogP contribution < -0.4 is 15.0 Å². The zero-order valence-corrected chi connectivity index (χ0v) is 13.0. The third-order valence-corrected chi connectivity index (χ3v) is 3.64. The maximum atomic E-state index is 10.8. The van der Waals surface area contributed by atoms with Gasteiger partial charge in [-0.2, -0.15) is 5.26 Å². The first-order chi connectivity index (χ1) is 11.4. The van der Waals surface area contributed by atoms with Gasteiger partial charge < -0.3 is 20.0 Å². The summed E-state index contributed by atoms with van der Waals surface area (Å²) in [7, 11) is -4.59. The second kappa shape index (κ2) is 5.91. The molecule has 0 atom stereocenters. The number of hydrogen-bond acceptors (Lipinski definition) is 5. The van der Waals surface area contributed by atoms with Crippen LogP contribution in [0.15, 0.2) is 42.5 Å². The molecular formula is C15H12N3O5P. The van der Waals surface area contributed by atoms with E-state index in [9.17, 15) is 4.57 Å². The lowest BCUT2D eigenvalue weighted by molar-refractivity contribution is 0.283. The van der Waals surface area contributed by atoms with Gasteiger partial charge in [0, 0.05) is 10.9 Å². The number of anilines is 1. The van der Waals surface area contributed by atoms with E-state index in [0.29, 0.717) is 28.3 Å². The first-order valence-corrected chi connectivity index (χ1v) is 8.23. The smallest absolute Gasteiger partial charge is 0.457 e. The van der Waals surface area contributed by atoms with Crippen molar-refractivity contribution in [1.82, 2.24) is 4.98 Å². The zero-order chi connectivity index (χ0) is 17.3. The van der Waals surface area contributed by atoms with Crippen molar-refractivity contribution in [2.24, 2.45) is 0 Å². The van der Waals surface area contributed by atoms with Gasteiger partial charge in [-0.05, 0) is 42.5 Å². The highest BCUT2D eigenvalue weighted by atomic mass is 31.2. The summed E-state index contributed by atoms with van der Waals surface area (Å²) >= 11 is 0. The molecule has 0 amide bonds. The maximum absolute atomic E-state index is 10.8. The van der Waals surface area contributed by atoms with E-state index >= 15 is 0 Å².